The first kappa shape index (κ1) is 34.5. The van der Waals surface area contributed by atoms with Crippen LogP contribution < -0.4 is 9.47 Å². The van der Waals surface area contributed by atoms with Gasteiger partial charge in [-0.25, -0.2) is 39.5 Å². The zero-order valence-electron chi connectivity index (χ0n) is 27.2. The van der Waals surface area contributed by atoms with Crippen LogP contribution in [0.5, 0.6) is 11.5 Å². The quantitative estimate of drug-likeness (QED) is 0.175. The summed E-state index contributed by atoms with van der Waals surface area (Å²) < 4.78 is 159. The maximum Gasteiger partial charge on any atom is 0.231 e. The van der Waals surface area contributed by atoms with Crippen LogP contribution in [0.4, 0.5) is 39.5 Å². The van der Waals surface area contributed by atoms with Gasteiger partial charge in [0, 0.05) is 46.1 Å². The molecule has 0 amide bonds. The summed E-state index contributed by atoms with van der Waals surface area (Å²) in [5.74, 6) is -13.1. The van der Waals surface area contributed by atoms with Gasteiger partial charge in [-0.15, -0.1) is 0 Å². The van der Waals surface area contributed by atoms with Crippen molar-refractivity contribution in [3.8, 4) is 11.5 Å². The monoisotopic (exact) mass is 824 g/mol. The Labute approximate surface area is 296 Å². The first-order valence-electron chi connectivity index (χ1n) is 17.1. The fourth-order valence-corrected chi connectivity index (χ4v) is 11.9. The molecule has 8 atom stereocenters. The second kappa shape index (κ2) is 11.5. The van der Waals surface area contributed by atoms with Gasteiger partial charge in [0.25, 0.3) is 0 Å². The van der Waals surface area contributed by atoms with Crippen LogP contribution in [0.25, 0.3) is 0 Å². The molecule has 50 heavy (non-hydrogen) atoms. The van der Waals surface area contributed by atoms with Crippen molar-refractivity contribution in [3.05, 3.63) is 81.1 Å². The van der Waals surface area contributed by atoms with Gasteiger partial charge in [-0.05, 0) is 98.1 Å². The average Bonchev–Trinajstić information content (AvgIpc) is 3.28. The number of halogens is 10. The van der Waals surface area contributed by atoms with Crippen molar-refractivity contribution in [1.29, 1.82) is 0 Å². The Bertz CT molecular complexity index is 1880. The Hall–Kier alpha value is -2.58. The van der Waals surface area contributed by atoms with E-state index in [-0.39, 0.29) is 44.9 Å². The number of benzene rings is 2. The van der Waals surface area contributed by atoms with E-state index in [9.17, 15) is 4.39 Å². The third kappa shape index (κ3) is 4.75. The summed E-state index contributed by atoms with van der Waals surface area (Å²) in [4.78, 5) is 0. The van der Waals surface area contributed by atoms with Crippen LogP contribution >= 0.6 is 22.6 Å². The Morgan fingerprint density at radius 2 is 1.60 bits per heavy atom. The lowest BCUT2D eigenvalue weighted by atomic mass is 9.56. The lowest BCUT2D eigenvalue weighted by Crippen LogP contribution is -2.54. The molecule has 0 saturated heterocycles. The highest BCUT2D eigenvalue weighted by atomic mass is 127. The van der Waals surface area contributed by atoms with Crippen LogP contribution in [-0.2, 0) is 16.6 Å². The normalized spacial score (nSPS) is 37.4. The van der Waals surface area contributed by atoms with Gasteiger partial charge in [-0.1, -0.05) is 13.8 Å². The molecule has 5 saturated carbocycles. The van der Waals surface area contributed by atoms with E-state index in [1.807, 2.05) is 6.92 Å². The third-order valence-electron chi connectivity index (χ3n) is 12.2. The molecule has 5 fully saturated rings. The Kier molecular flexibility index (Phi) is 7.91. The van der Waals surface area contributed by atoms with Crippen LogP contribution in [0.15, 0.2) is 35.1 Å². The van der Waals surface area contributed by atoms with Crippen molar-refractivity contribution in [2.45, 2.75) is 112 Å². The predicted molar refractivity (Wildman–Crippen MR) is 172 cm³/mol. The number of alkyl halides is 2. The zero-order chi connectivity index (χ0) is 35.7. The highest BCUT2D eigenvalue weighted by Gasteiger charge is 2.71. The summed E-state index contributed by atoms with van der Waals surface area (Å²) in [5.41, 5.74) is -4.36. The fourth-order valence-electron chi connectivity index (χ4n) is 10.8. The van der Waals surface area contributed by atoms with Gasteiger partial charge in [0.1, 0.15) is 17.5 Å². The van der Waals surface area contributed by atoms with E-state index in [0.717, 1.165) is 0 Å². The van der Waals surface area contributed by atoms with Crippen molar-refractivity contribution in [2.24, 2.45) is 16.7 Å². The Morgan fingerprint density at radius 3 is 2.34 bits per heavy atom. The van der Waals surface area contributed by atoms with Gasteiger partial charge in [-0.2, -0.15) is 0 Å². The lowest BCUT2D eigenvalue weighted by molar-refractivity contribution is -0.0812. The maximum atomic E-state index is 17.1. The zero-order valence-corrected chi connectivity index (χ0v) is 29.4. The molecule has 270 valence electrons. The Morgan fingerprint density at radius 1 is 0.880 bits per heavy atom. The van der Waals surface area contributed by atoms with Crippen molar-refractivity contribution in [2.75, 3.05) is 0 Å². The second-order valence-electron chi connectivity index (χ2n) is 15.5. The first-order chi connectivity index (χ1) is 23.6. The van der Waals surface area contributed by atoms with E-state index in [1.165, 1.54) is 6.92 Å². The summed E-state index contributed by atoms with van der Waals surface area (Å²) in [5, 5.41) is 0. The van der Waals surface area contributed by atoms with Gasteiger partial charge >= 0.3 is 0 Å². The van der Waals surface area contributed by atoms with Gasteiger partial charge in [0.05, 0.1) is 0 Å². The third-order valence-corrected chi connectivity index (χ3v) is 13.9. The smallest absolute Gasteiger partial charge is 0.231 e. The van der Waals surface area contributed by atoms with E-state index in [0.29, 0.717) is 31.4 Å². The molecule has 0 N–H and O–H groups in total. The molecule has 8 unspecified atom stereocenters. The molecule has 2 aromatic rings. The highest BCUT2D eigenvalue weighted by molar-refractivity contribution is 14.1. The lowest BCUT2D eigenvalue weighted by Gasteiger charge is -2.48. The minimum Gasteiger partial charge on any atom is -0.479 e. The van der Waals surface area contributed by atoms with E-state index in [2.05, 4.69) is 0 Å². The molecule has 1 heterocycles. The molecular formula is C37H34F9IO3. The minimum absolute atomic E-state index is 0.0400. The highest BCUT2D eigenvalue weighted by Crippen LogP contribution is 2.78. The largest absolute Gasteiger partial charge is 0.479 e. The molecule has 8 bridgehead atoms. The van der Waals surface area contributed by atoms with Crippen LogP contribution in [0, 0.1) is 51.7 Å². The number of allylic oxidation sites excluding steroid dienone is 4. The first-order valence-corrected chi connectivity index (χ1v) is 18.1. The molecule has 13 heteroatoms. The SMILES string of the molecule is CCc1c(F)cc(F)c(OC2CCCCC3Oc4c(F)cc(F)c(c4F)C45CC6(C)CC4CC(C6)(C5)C4=C(F)CC(F)C(=C4F)OC23I)c1F. The molecule has 6 aliphatic carbocycles. The summed E-state index contributed by atoms with van der Waals surface area (Å²) in [6.07, 6.45) is -4.65. The molecule has 3 nitrogen and oxygen atoms in total. The van der Waals surface area contributed by atoms with Crippen molar-refractivity contribution < 1.29 is 53.7 Å². The molecule has 1 aliphatic heterocycles. The van der Waals surface area contributed by atoms with Gasteiger partial charge < -0.3 is 14.2 Å². The predicted octanol–water partition coefficient (Wildman–Crippen LogP) is 11.0. The number of hydrogen-bond donors (Lipinski definition) is 0. The molecule has 9 rings (SSSR count). The van der Waals surface area contributed by atoms with Crippen molar-refractivity contribution in [3.63, 3.8) is 0 Å². The van der Waals surface area contributed by atoms with Gasteiger partial charge in [-0.3, -0.25) is 0 Å². The van der Waals surface area contributed by atoms with Crippen LogP contribution in [0.1, 0.15) is 89.2 Å². The summed E-state index contributed by atoms with van der Waals surface area (Å²) >= 11 is 1.62. The fraction of sp³-hybridized carbons (Fsp3) is 0.568. The molecule has 7 aliphatic rings. The van der Waals surface area contributed by atoms with Crippen molar-refractivity contribution in [1.82, 2.24) is 0 Å². The summed E-state index contributed by atoms with van der Waals surface area (Å²) in [7, 11) is 0. The molecule has 2 spiro atoms. The van der Waals surface area contributed by atoms with E-state index >= 15 is 35.1 Å². The van der Waals surface area contributed by atoms with E-state index in [1.54, 1.807) is 22.6 Å². The van der Waals surface area contributed by atoms with E-state index in [4.69, 9.17) is 14.2 Å². The number of rotatable bonds is 3. The van der Waals surface area contributed by atoms with Crippen LogP contribution in [0.2, 0.25) is 0 Å². The van der Waals surface area contributed by atoms with Crippen LogP contribution in [0.3, 0.4) is 0 Å². The number of fused-ring (bicyclic) bond motifs is 4. The topological polar surface area (TPSA) is 27.7 Å². The van der Waals surface area contributed by atoms with Gasteiger partial charge in [0.2, 0.25) is 3.61 Å². The molecular weight excluding hydrogens is 790 g/mol. The molecule has 2 aromatic carbocycles. The van der Waals surface area contributed by atoms with Gasteiger partial charge in [0.15, 0.2) is 64.7 Å². The minimum atomic E-state index is -2.34. The summed E-state index contributed by atoms with van der Waals surface area (Å²) in [6.45, 7) is 3.35. The molecule has 0 radical (unpaired) electrons. The Balaban J connectivity index is 1.36. The number of hydrogen-bond acceptors (Lipinski definition) is 3. The second-order valence-corrected chi connectivity index (χ2v) is 17.2. The van der Waals surface area contributed by atoms with E-state index < -0.39 is 131 Å². The average molecular weight is 825 g/mol. The maximum absolute atomic E-state index is 17.1. The summed E-state index contributed by atoms with van der Waals surface area (Å²) in [6, 6.07) is 0.999. The van der Waals surface area contributed by atoms with Crippen LogP contribution in [-0.4, -0.2) is 22.0 Å². The van der Waals surface area contributed by atoms with Crippen molar-refractivity contribution >= 4 is 22.6 Å². The molecule has 0 aromatic heterocycles. The number of ether oxygens (including phenoxy) is 3. The standard InChI is InChI=1S/C37H34F9IO3/c1-3-17-18(38)8-21(41)31(28(17)44)48-24-6-4-5-7-25-37(24,47)50-33-23(43)9-19(39)26(29(33)45)35-12-16-11-34(2,13-35)14-36(16,15-35)27-20(40)10-22(42)32(49-25)30(27)46/h8,10,16,23-25H,3-7,9,11-15H2,1-2H3.